The minimum atomic E-state index is 0.0745. The summed E-state index contributed by atoms with van der Waals surface area (Å²) in [5.74, 6) is 0.262. The van der Waals surface area contributed by atoms with Crippen LogP contribution in [0.5, 0.6) is 0 Å². The van der Waals surface area contributed by atoms with Crippen LogP contribution in [0.1, 0.15) is 100 Å². The average molecular weight is 563 g/mol. The fourth-order valence-electron chi connectivity index (χ4n) is 5.43. The van der Waals surface area contributed by atoms with Crippen molar-refractivity contribution in [2.24, 2.45) is 5.92 Å². The van der Waals surface area contributed by atoms with Gasteiger partial charge in [0.2, 0.25) is 5.91 Å². The van der Waals surface area contributed by atoms with E-state index in [4.69, 9.17) is 0 Å². The van der Waals surface area contributed by atoms with E-state index in [1.54, 1.807) is 0 Å². The highest BCUT2D eigenvalue weighted by Crippen LogP contribution is 2.18. The molecular formula is C35H54N4O2. The van der Waals surface area contributed by atoms with Crippen molar-refractivity contribution in [2.45, 2.75) is 91.5 Å². The summed E-state index contributed by atoms with van der Waals surface area (Å²) in [4.78, 5) is 31.0. The molecule has 2 aromatic carbocycles. The summed E-state index contributed by atoms with van der Waals surface area (Å²) in [5.41, 5.74) is 3.94. The predicted octanol–water partition coefficient (Wildman–Crippen LogP) is 6.90. The van der Waals surface area contributed by atoms with Crippen molar-refractivity contribution >= 4 is 17.5 Å². The molecule has 41 heavy (non-hydrogen) atoms. The van der Waals surface area contributed by atoms with Crippen LogP contribution in [-0.2, 0) is 17.8 Å². The second-order valence-electron chi connectivity index (χ2n) is 11.6. The van der Waals surface area contributed by atoms with Gasteiger partial charge in [-0.15, -0.1) is 0 Å². The van der Waals surface area contributed by atoms with Crippen LogP contribution in [-0.4, -0.2) is 60.9 Å². The molecule has 6 heteroatoms. The number of nitrogens with one attached hydrogen (secondary N) is 2. The Kier molecular flexibility index (Phi) is 14.9. The highest BCUT2D eigenvalue weighted by atomic mass is 16.2. The number of aryl methyl sites for hydroxylation is 1. The molecule has 3 rings (SSSR count). The molecule has 6 nitrogen and oxygen atoms in total. The topological polar surface area (TPSA) is 64.7 Å². The monoisotopic (exact) mass is 562 g/mol. The first-order valence-electron chi connectivity index (χ1n) is 16.2. The Balaban J connectivity index is 1.69. The summed E-state index contributed by atoms with van der Waals surface area (Å²) in [7, 11) is 0. The maximum Gasteiger partial charge on any atom is 0.254 e. The molecule has 0 unspecified atom stereocenters. The van der Waals surface area contributed by atoms with Crippen molar-refractivity contribution in [1.82, 2.24) is 15.1 Å². The third-order valence-electron chi connectivity index (χ3n) is 8.20. The smallest absolute Gasteiger partial charge is 0.254 e. The van der Waals surface area contributed by atoms with E-state index in [2.05, 4.69) is 48.4 Å². The first-order valence-corrected chi connectivity index (χ1v) is 16.2. The molecular weight excluding hydrogens is 508 g/mol. The van der Waals surface area contributed by atoms with Crippen molar-refractivity contribution in [3.63, 3.8) is 0 Å². The van der Waals surface area contributed by atoms with Crippen molar-refractivity contribution < 1.29 is 9.59 Å². The molecule has 0 radical (unpaired) electrons. The van der Waals surface area contributed by atoms with Crippen molar-refractivity contribution in [3.8, 4) is 0 Å². The molecule has 1 aliphatic heterocycles. The van der Waals surface area contributed by atoms with E-state index in [1.165, 1.54) is 50.5 Å². The van der Waals surface area contributed by atoms with E-state index in [9.17, 15) is 9.59 Å². The Labute approximate surface area is 249 Å². The average Bonchev–Trinajstić information content (AvgIpc) is 3.01. The molecule has 1 heterocycles. The lowest BCUT2D eigenvalue weighted by Crippen LogP contribution is -2.39. The van der Waals surface area contributed by atoms with E-state index in [-0.39, 0.29) is 17.7 Å². The Morgan fingerprint density at radius 3 is 1.98 bits per heavy atom. The molecule has 2 aromatic rings. The first kappa shape index (κ1) is 32.8. The molecule has 1 aliphatic rings. The van der Waals surface area contributed by atoms with Gasteiger partial charge in [-0.1, -0.05) is 70.7 Å². The van der Waals surface area contributed by atoms with Crippen LogP contribution >= 0.6 is 0 Å². The Morgan fingerprint density at radius 1 is 0.756 bits per heavy atom. The number of anilines is 1. The first-order chi connectivity index (χ1) is 20.0. The zero-order chi connectivity index (χ0) is 29.3. The van der Waals surface area contributed by atoms with Crippen molar-refractivity contribution in [1.29, 1.82) is 0 Å². The van der Waals surface area contributed by atoms with E-state index in [0.29, 0.717) is 13.1 Å². The Morgan fingerprint density at radius 2 is 1.37 bits per heavy atom. The molecule has 0 bridgehead atoms. The number of nitrogens with zero attached hydrogens (tertiary/aromatic N) is 2. The maximum absolute atomic E-state index is 13.8. The number of carbonyl (C=O) groups excluding carboxylic acids is 2. The molecule has 1 fully saturated rings. The van der Waals surface area contributed by atoms with E-state index < -0.39 is 0 Å². The number of rotatable bonds is 18. The van der Waals surface area contributed by atoms with Gasteiger partial charge >= 0.3 is 0 Å². The second-order valence-corrected chi connectivity index (χ2v) is 11.6. The van der Waals surface area contributed by atoms with Gasteiger partial charge in [0.25, 0.3) is 5.91 Å². The highest BCUT2D eigenvalue weighted by molar-refractivity contribution is 5.94. The Hall–Kier alpha value is -2.70. The molecule has 2 N–H and O–H groups in total. The summed E-state index contributed by atoms with van der Waals surface area (Å²) < 4.78 is 0. The van der Waals surface area contributed by atoms with Gasteiger partial charge in [-0.3, -0.25) is 9.59 Å². The van der Waals surface area contributed by atoms with Gasteiger partial charge in [0, 0.05) is 36.8 Å². The van der Waals surface area contributed by atoms with Gasteiger partial charge in [0.15, 0.2) is 0 Å². The SMILES string of the molecule is CCCCCc1ccc(C(=O)N(CCN(CCCC)CCCC)Cc2ccc(NC(=O)C3CCNCC3)cc2)cc1. The number of hydrogen-bond donors (Lipinski definition) is 2. The lowest BCUT2D eigenvalue weighted by Gasteiger charge is -2.28. The van der Waals surface area contributed by atoms with Crippen LogP contribution in [0.15, 0.2) is 48.5 Å². The van der Waals surface area contributed by atoms with Crippen LogP contribution in [0.4, 0.5) is 5.69 Å². The second kappa shape index (κ2) is 18.7. The number of unbranched alkanes of at least 4 members (excludes halogenated alkanes) is 4. The number of amides is 2. The molecule has 1 saturated heterocycles. The fraction of sp³-hybridized carbons (Fsp3) is 0.600. The predicted molar refractivity (Wildman–Crippen MR) is 171 cm³/mol. The van der Waals surface area contributed by atoms with Crippen molar-refractivity contribution in [2.75, 3.05) is 44.6 Å². The van der Waals surface area contributed by atoms with E-state index >= 15 is 0 Å². The largest absolute Gasteiger partial charge is 0.333 e. The summed E-state index contributed by atoms with van der Waals surface area (Å²) in [6, 6.07) is 16.3. The molecule has 0 aromatic heterocycles. The van der Waals surface area contributed by atoms with Gasteiger partial charge in [-0.05, 0) is 100 Å². The number of piperidine rings is 1. The number of hydrogen-bond acceptors (Lipinski definition) is 4. The maximum atomic E-state index is 13.8. The van der Waals surface area contributed by atoms with Crippen LogP contribution in [0, 0.1) is 5.92 Å². The van der Waals surface area contributed by atoms with Gasteiger partial charge in [-0.2, -0.15) is 0 Å². The minimum absolute atomic E-state index is 0.0745. The van der Waals surface area contributed by atoms with E-state index in [1.807, 2.05) is 41.3 Å². The third-order valence-corrected chi connectivity index (χ3v) is 8.20. The molecule has 226 valence electrons. The summed E-state index contributed by atoms with van der Waals surface area (Å²) in [6.07, 6.45) is 11.2. The van der Waals surface area contributed by atoms with Gasteiger partial charge in [0.1, 0.15) is 0 Å². The zero-order valence-corrected chi connectivity index (χ0v) is 25.9. The van der Waals surface area contributed by atoms with Crippen LogP contribution < -0.4 is 10.6 Å². The zero-order valence-electron chi connectivity index (χ0n) is 25.9. The van der Waals surface area contributed by atoms with Crippen molar-refractivity contribution in [3.05, 3.63) is 65.2 Å². The van der Waals surface area contributed by atoms with Crippen LogP contribution in [0.3, 0.4) is 0 Å². The Bertz CT molecular complexity index is 1010. The summed E-state index contributed by atoms with van der Waals surface area (Å²) >= 11 is 0. The number of carbonyl (C=O) groups is 2. The normalized spacial score (nSPS) is 13.9. The van der Waals surface area contributed by atoms with Crippen LogP contribution in [0.25, 0.3) is 0 Å². The lowest BCUT2D eigenvalue weighted by atomic mass is 9.97. The fourth-order valence-corrected chi connectivity index (χ4v) is 5.43. The quantitative estimate of drug-likeness (QED) is 0.194. The standard InChI is InChI=1S/C35H54N4O2/c1-4-7-10-11-29-12-16-32(17-13-29)35(41)39(27-26-38(24-8-5-2)25-9-6-3)28-30-14-18-33(19-15-30)37-34(40)31-20-22-36-23-21-31/h12-19,31,36H,4-11,20-28H2,1-3H3,(H,37,40). The molecule has 2 amide bonds. The van der Waals surface area contributed by atoms with Gasteiger partial charge < -0.3 is 20.4 Å². The van der Waals surface area contributed by atoms with Gasteiger partial charge in [0.05, 0.1) is 0 Å². The summed E-state index contributed by atoms with van der Waals surface area (Å²) in [5, 5.41) is 6.40. The molecule has 0 aliphatic carbocycles. The van der Waals surface area contributed by atoms with E-state index in [0.717, 1.165) is 68.8 Å². The highest BCUT2D eigenvalue weighted by Gasteiger charge is 2.21. The summed E-state index contributed by atoms with van der Waals surface area (Å²) in [6.45, 7) is 12.8. The third kappa shape index (κ3) is 11.6. The minimum Gasteiger partial charge on any atom is -0.333 e. The van der Waals surface area contributed by atoms with Crippen LogP contribution in [0.2, 0.25) is 0 Å². The lowest BCUT2D eigenvalue weighted by molar-refractivity contribution is -0.120. The molecule has 0 atom stereocenters. The molecule has 0 spiro atoms. The molecule has 0 saturated carbocycles. The van der Waals surface area contributed by atoms with Gasteiger partial charge in [-0.25, -0.2) is 0 Å². The number of benzene rings is 2.